The van der Waals surface area contributed by atoms with E-state index in [1.54, 1.807) is 12.4 Å². The van der Waals surface area contributed by atoms with Gasteiger partial charge in [-0.1, -0.05) is 54.6 Å². The number of rotatable bonds is 0. The molecule has 142 valence electrons. The van der Waals surface area contributed by atoms with Crippen molar-refractivity contribution in [2.24, 2.45) is 0 Å². The molecule has 5 aromatic rings. The Morgan fingerprint density at radius 3 is 2.00 bits per heavy atom. The molecule has 3 heterocycles. The molecule has 0 aliphatic carbocycles. The lowest BCUT2D eigenvalue weighted by molar-refractivity contribution is 1.11. The molecule has 4 nitrogen and oxygen atoms in total. The highest BCUT2D eigenvalue weighted by molar-refractivity contribution is 5.81. The molecular weight excluding hydrogens is 356 g/mol. The number of hydrogen-bond acceptors (Lipinski definition) is 4. The highest BCUT2D eigenvalue weighted by Gasteiger charge is 2.05. The number of pyridine rings is 1. The Balaban J connectivity index is 0.000000106. The van der Waals surface area contributed by atoms with E-state index in [-0.39, 0.29) is 0 Å². The molecule has 0 saturated heterocycles. The summed E-state index contributed by atoms with van der Waals surface area (Å²) in [5.41, 5.74) is 4.67. The number of hydrogen-bond donors (Lipinski definition) is 1. The second-order valence-corrected chi connectivity index (χ2v) is 6.60. The minimum absolute atomic E-state index is 0.949. The van der Waals surface area contributed by atoms with E-state index in [4.69, 9.17) is 0 Å². The van der Waals surface area contributed by atoms with Crippen molar-refractivity contribution in [3.05, 3.63) is 109 Å². The molecule has 1 aliphatic rings. The topological polar surface area (TPSA) is 50.7 Å². The van der Waals surface area contributed by atoms with E-state index in [0.29, 0.717) is 0 Å². The summed E-state index contributed by atoms with van der Waals surface area (Å²) in [7, 11) is 0. The van der Waals surface area contributed by atoms with Crippen molar-refractivity contribution >= 4 is 27.5 Å². The number of para-hydroxylation sites is 3. The average molecular weight is 378 g/mol. The van der Waals surface area contributed by atoms with E-state index >= 15 is 0 Å². The fraction of sp³-hybridized carbons (Fsp3) is 0.0800. The van der Waals surface area contributed by atoms with Crippen LogP contribution < -0.4 is 5.32 Å². The number of nitrogens with one attached hydrogen (secondary N) is 1. The molecule has 6 rings (SSSR count). The molecule has 0 amide bonds. The van der Waals surface area contributed by atoms with Crippen molar-refractivity contribution in [1.82, 2.24) is 15.0 Å². The maximum atomic E-state index is 4.12. The molecular formula is C25H22N4. The van der Waals surface area contributed by atoms with Crippen LogP contribution in [0.4, 0.5) is 5.69 Å². The van der Waals surface area contributed by atoms with Gasteiger partial charge in [-0.05, 0) is 47.0 Å². The van der Waals surface area contributed by atoms with Gasteiger partial charge in [-0.15, -0.1) is 0 Å². The summed E-state index contributed by atoms with van der Waals surface area (Å²) >= 11 is 0. The molecule has 0 saturated carbocycles. The molecule has 0 atom stereocenters. The molecule has 0 bridgehead atoms. The van der Waals surface area contributed by atoms with Crippen molar-refractivity contribution < 1.29 is 0 Å². The Labute approximate surface area is 170 Å². The van der Waals surface area contributed by atoms with Gasteiger partial charge in [0.2, 0.25) is 0 Å². The van der Waals surface area contributed by atoms with Crippen molar-refractivity contribution in [3.8, 4) is 0 Å². The van der Waals surface area contributed by atoms with E-state index in [0.717, 1.165) is 17.6 Å². The van der Waals surface area contributed by atoms with Crippen LogP contribution in [0.25, 0.3) is 21.8 Å². The van der Waals surface area contributed by atoms with Gasteiger partial charge in [-0.2, -0.15) is 0 Å². The van der Waals surface area contributed by atoms with E-state index in [9.17, 15) is 0 Å². The Bertz CT molecular complexity index is 978. The zero-order chi connectivity index (χ0) is 19.7. The average Bonchev–Trinajstić information content (AvgIpc) is 3.29. The lowest BCUT2D eigenvalue weighted by atomic mass is 10.2. The minimum Gasteiger partial charge on any atom is -0.384 e. The monoisotopic (exact) mass is 378 g/mol. The third-order valence-corrected chi connectivity index (χ3v) is 4.65. The number of fused-ring (bicyclic) bond motifs is 3. The maximum Gasteiger partial charge on any atom is 0.0886 e. The standard InChI is InChI=1S/C9H7N.C8H6N2.C8H9N/c1-2-4-9-7-10-6-5-8(9)3-1;1-2-4-8-7(3-1)9-5-6-10-8;1-2-4-8-7(3-1)5-6-9-8/h1-7H;1-6H;1-4,9H,5-6H2. The van der Waals surface area contributed by atoms with Crippen LogP contribution in [0, 0.1) is 0 Å². The molecule has 29 heavy (non-hydrogen) atoms. The zero-order valence-electron chi connectivity index (χ0n) is 16.1. The fourth-order valence-electron chi connectivity index (χ4n) is 3.18. The fourth-order valence-corrected chi connectivity index (χ4v) is 3.18. The molecule has 0 fully saturated rings. The normalized spacial score (nSPS) is 11.4. The summed E-state index contributed by atoms with van der Waals surface area (Å²) in [6, 6.07) is 26.5. The lowest BCUT2D eigenvalue weighted by Crippen LogP contribution is -1.90. The second kappa shape index (κ2) is 9.42. The van der Waals surface area contributed by atoms with Crippen LogP contribution in [-0.4, -0.2) is 21.5 Å². The number of benzene rings is 3. The highest BCUT2D eigenvalue weighted by atomic mass is 14.9. The Morgan fingerprint density at radius 2 is 1.28 bits per heavy atom. The molecule has 1 N–H and O–H groups in total. The first-order valence-electron chi connectivity index (χ1n) is 9.66. The predicted molar refractivity (Wildman–Crippen MR) is 120 cm³/mol. The quantitative estimate of drug-likeness (QED) is 0.385. The third-order valence-electron chi connectivity index (χ3n) is 4.65. The number of aromatic nitrogens is 3. The Hall–Kier alpha value is -3.79. The van der Waals surface area contributed by atoms with Gasteiger partial charge >= 0.3 is 0 Å². The van der Waals surface area contributed by atoms with Gasteiger partial charge in [0.15, 0.2) is 0 Å². The second-order valence-electron chi connectivity index (χ2n) is 6.60. The van der Waals surface area contributed by atoms with Crippen LogP contribution in [0.15, 0.2) is 104 Å². The van der Waals surface area contributed by atoms with Crippen molar-refractivity contribution in [3.63, 3.8) is 0 Å². The van der Waals surface area contributed by atoms with Crippen LogP contribution in [0.3, 0.4) is 0 Å². The van der Waals surface area contributed by atoms with Gasteiger partial charge in [0.05, 0.1) is 11.0 Å². The number of anilines is 1. The number of nitrogens with zero attached hydrogens (tertiary/aromatic N) is 3. The van der Waals surface area contributed by atoms with Gasteiger partial charge in [-0.25, -0.2) is 0 Å². The van der Waals surface area contributed by atoms with Crippen LogP contribution in [-0.2, 0) is 6.42 Å². The largest absolute Gasteiger partial charge is 0.384 e. The lowest BCUT2D eigenvalue weighted by Gasteiger charge is -1.94. The molecule has 0 spiro atoms. The van der Waals surface area contributed by atoms with Gasteiger partial charge in [0.25, 0.3) is 0 Å². The first kappa shape index (κ1) is 18.6. The van der Waals surface area contributed by atoms with Gasteiger partial charge in [0, 0.05) is 37.0 Å². The molecule has 1 aliphatic heterocycles. The smallest absolute Gasteiger partial charge is 0.0886 e. The SMILES string of the molecule is c1ccc2c(c1)CCN2.c1ccc2cnccc2c1.c1ccc2nccnc2c1. The Kier molecular flexibility index (Phi) is 6.03. The van der Waals surface area contributed by atoms with Crippen molar-refractivity contribution in [1.29, 1.82) is 0 Å². The third kappa shape index (κ3) is 4.93. The van der Waals surface area contributed by atoms with E-state index in [2.05, 4.69) is 56.7 Å². The summed E-state index contributed by atoms with van der Waals surface area (Å²) in [6.45, 7) is 1.11. The molecule has 0 radical (unpaired) electrons. The van der Waals surface area contributed by atoms with E-state index < -0.39 is 0 Å². The van der Waals surface area contributed by atoms with Crippen LogP contribution >= 0.6 is 0 Å². The highest BCUT2D eigenvalue weighted by Crippen LogP contribution is 2.20. The van der Waals surface area contributed by atoms with E-state index in [1.807, 2.05) is 54.9 Å². The van der Waals surface area contributed by atoms with E-state index in [1.165, 1.54) is 28.4 Å². The van der Waals surface area contributed by atoms with Gasteiger partial charge in [-0.3, -0.25) is 15.0 Å². The first-order valence-corrected chi connectivity index (χ1v) is 9.66. The van der Waals surface area contributed by atoms with Crippen LogP contribution in [0.2, 0.25) is 0 Å². The minimum atomic E-state index is 0.949. The summed E-state index contributed by atoms with van der Waals surface area (Å²) in [5, 5.41) is 5.75. The summed E-state index contributed by atoms with van der Waals surface area (Å²) in [4.78, 5) is 12.3. The Morgan fingerprint density at radius 1 is 0.621 bits per heavy atom. The van der Waals surface area contributed by atoms with Gasteiger partial charge < -0.3 is 5.32 Å². The van der Waals surface area contributed by atoms with Crippen LogP contribution in [0.1, 0.15) is 5.56 Å². The maximum absolute atomic E-state index is 4.12. The van der Waals surface area contributed by atoms with Crippen LogP contribution in [0.5, 0.6) is 0 Å². The predicted octanol–water partition coefficient (Wildman–Crippen LogP) is 5.52. The van der Waals surface area contributed by atoms with Gasteiger partial charge in [0.1, 0.15) is 0 Å². The first-order chi connectivity index (χ1) is 14.4. The molecule has 4 heteroatoms. The summed E-state index contributed by atoms with van der Waals surface area (Å²) < 4.78 is 0. The molecule has 2 aromatic heterocycles. The zero-order valence-corrected chi connectivity index (χ0v) is 16.1. The molecule has 3 aromatic carbocycles. The van der Waals surface area contributed by atoms with Crippen molar-refractivity contribution in [2.75, 3.05) is 11.9 Å². The summed E-state index contributed by atoms with van der Waals surface area (Å²) in [5.74, 6) is 0. The summed E-state index contributed by atoms with van der Waals surface area (Å²) in [6.07, 6.45) is 8.26. The molecule has 0 unspecified atom stereocenters. The van der Waals surface area contributed by atoms with Crippen molar-refractivity contribution in [2.45, 2.75) is 6.42 Å².